The number of methoxy groups -OCH3 is 2. The van der Waals surface area contributed by atoms with Gasteiger partial charge in [-0.15, -0.1) is 0 Å². The van der Waals surface area contributed by atoms with Crippen molar-refractivity contribution in [1.82, 2.24) is 0 Å². The molecule has 0 aliphatic rings. The van der Waals surface area contributed by atoms with Crippen LogP contribution in [0.2, 0.25) is 0 Å². The summed E-state index contributed by atoms with van der Waals surface area (Å²) in [7, 11) is 2.50. The maximum atomic E-state index is 10.9. The van der Waals surface area contributed by atoms with Crippen LogP contribution in [-0.2, 0) is 19.1 Å². The van der Waals surface area contributed by atoms with Crippen molar-refractivity contribution in [3.8, 4) is 0 Å². The fourth-order valence-corrected chi connectivity index (χ4v) is 1.28. The van der Waals surface area contributed by atoms with Crippen molar-refractivity contribution in [1.29, 1.82) is 0 Å². The van der Waals surface area contributed by atoms with Crippen LogP contribution in [-0.4, -0.2) is 37.0 Å². The standard InChI is InChI=1S/C7H12BrNO4/c1-12-6(10)4(8)3-5(9)7(11)13-2/h4-5H,3,9H2,1-2H3/t4?,5-/m0/s1. The van der Waals surface area contributed by atoms with Gasteiger partial charge >= 0.3 is 11.9 Å². The zero-order chi connectivity index (χ0) is 10.4. The molecule has 0 saturated carbocycles. The average molecular weight is 254 g/mol. The number of carbonyl (C=O) groups excluding carboxylic acids is 2. The molecule has 0 aliphatic heterocycles. The summed E-state index contributed by atoms with van der Waals surface area (Å²) in [5.41, 5.74) is 5.41. The third-order valence-electron chi connectivity index (χ3n) is 1.42. The van der Waals surface area contributed by atoms with Crippen LogP contribution in [0.1, 0.15) is 6.42 Å². The van der Waals surface area contributed by atoms with Crippen molar-refractivity contribution >= 4 is 27.9 Å². The summed E-state index contributed by atoms with van der Waals surface area (Å²) in [4.78, 5) is 21.1. The molecule has 0 saturated heterocycles. The average Bonchev–Trinajstić information content (AvgIpc) is 2.14. The van der Waals surface area contributed by atoms with Crippen LogP contribution in [0.3, 0.4) is 0 Å². The van der Waals surface area contributed by atoms with E-state index in [0.717, 1.165) is 0 Å². The van der Waals surface area contributed by atoms with E-state index in [9.17, 15) is 9.59 Å². The molecule has 0 aliphatic carbocycles. The van der Waals surface area contributed by atoms with Crippen molar-refractivity contribution in [3.05, 3.63) is 0 Å². The number of alkyl halides is 1. The molecule has 13 heavy (non-hydrogen) atoms. The van der Waals surface area contributed by atoms with E-state index in [0.29, 0.717) is 0 Å². The molecule has 0 spiro atoms. The van der Waals surface area contributed by atoms with Gasteiger partial charge in [-0.3, -0.25) is 9.59 Å². The first kappa shape index (κ1) is 12.4. The Morgan fingerprint density at radius 1 is 1.31 bits per heavy atom. The smallest absolute Gasteiger partial charge is 0.322 e. The van der Waals surface area contributed by atoms with Gasteiger partial charge < -0.3 is 15.2 Å². The lowest BCUT2D eigenvalue weighted by molar-refractivity contribution is -0.143. The Bertz CT molecular complexity index is 177. The van der Waals surface area contributed by atoms with Crippen molar-refractivity contribution in [2.45, 2.75) is 17.3 Å². The quantitative estimate of drug-likeness (QED) is 0.555. The molecule has 0 aromatic carbocycles. The minimum Gasteiger partial charge on any atom is -0.468 e. The fourth-order valence-electron chi connectivity index (χ4n) is 0.695. The van der Waals surface area contributed by atoms with Gasteiger partial charge in [0.1, 0.15) is 10.9 Å². The Morgan fingerprint density at radius 3 is 2.15 bits per heavy atom. The van der Waals surface area contributed by atoms with Gasteiger partial charge in [0.15, 0.2) is 0 Å². The number of esters is 2. The van der Waals surface area contributed by atoms with Gasteiger partial charge in [-0.1, -0.05) is 15.9 Å². The van der Waals surface area contributed by atoms with Crippen LogP contribution in [0.4, 0.5) is 0 Å². The highest BCUT2D eigenvalue weighted by Crippen LogP contribution is 2.09. The highest BCUT2D eigenvalue weighted by molar-refractivity contribution is 9.10. The van der Waals surface area contributed by atoms with Crippen LogP contribution < -0.4 is 5.73 Å². The number of hydrogen-bond donors (Lipinski definition) is 1. The summed E-state index contributed by atoms with van der Waals surface area (Å²) in [6.45, 7) is 0. The van der Waals surface area contributed by atoms with Crippen LogP contribution in [0.25, 0.3) is 0 Å². The predicted octanol–water partition coefficient (Wildman–Crippen LogP) is -0.187. The molecule has 1 unspecified atom stereocenters. The lowest BCUT2D eigenvalue weighted by Gasteiger charge is -2.11. The Kier molecular flexibility index (Phi) is 5.65. The summed E-state index contributed by atoms with van der Waals surface area (Å²) in [6.07, 6.45) is 0.152. The number of carbonyl (C=O) groups is 2. The molecular formula is C7H12BrNO4. The molecular weight excluding hydrogens is 242 g/mol. The molecule has 0 fully saturated rings. The maximum absolute atomic E-state index is 10.9. The topological polar surface area (TPSA) is 78.6 Å². The first-order valence-corrected chi connectivity index (χ1v) is 4.49. The molecule has 0 rings (SSSR count). The Balaban J connectivity index is 3.98. The van der Waals surface area contributed by atoms with E-state index in [-0.39, 0.29) is 6.42 Å². The largest absolute Gasteiger partial charge is 0.468 e. The van der Waals surface area contributed by atoms with Gasteiger partial charge in [0.25, 0.3) is 0 Å². The second kappa shape index (κ2) is 5.93. The number of halogens is 1. The second-order valence-electron chi connectivity index (χ2n) is 2.36. The van der Waals surface area contributed by atoms with Gasteiger partial charge in [0, 0.05) is 0 Å². The molecule has 0 heterocycles. The first-order chi connectivity index (χ1) is 6.02. The van der Waals surface area contributed by atoms with Crippen molar-refractivity contribution in [2.24, 2.45) is 5.73 Å². The van der Waals surface area contributed by atoms with Gasteiger partial charge in [0.2, 0.25) is 0 Å². The minimum atomic E-state index is -0.812. The molecule has 2 atom stereocenters. The van der Waals surface area contributed by atoms with E-state index in [1.807, 2.05) is 0 Å². The Hall–Kier alpha value is -0.620. The molecule has 6 heteroatoms. The summed E-state index contributed by atoms with van der Waals surface area (Å²) >= 11 is 3.04. The minimum absolute atomic E-state index is 0.152. The predicted molar refractivity (Wildman–Crippen MR) is 49.3 cm³/mol. The monoisotopic (exact) mass is 253 g/mol. The molecule has 76 valence electrons. The summed E-state index contributed by atoms with van der Waals surface area (Å²) in [5, 5.41) is 0. The van der Waals surface area contributed by atoms with Gasteiger partial charge in [-0.05, 0) is 6.42 Å². The van der Waals surface area contributed by atoms with Gasteiger partial charge in [-0.2, -0.15) is 0 Å². The zero-order valence-electron chi connectivity index (χ0n) is 7.45. The van der Waals surface area contributed by atoms with E-state index in [1.54, 1.807) is 0 Å². The van der Waals surface area contributed by atoms with Crippen LogP contribution in [0.15, 0.2) is 0 Å². The van der Waals surface area contributed by atoms with Gasteiger partial charge in [0.05, 0.1) is 14.2 Å². The highest BCUT2D eigenvalue weighted by Gasteiger charge is 2.23. The van der Waals surface area contributed by atoms with E-state index in [4.69, 9.17) is 5.73 Å². The first-order valence-electron chi connectivity index (χ1n) is 3.58. The lowest BCUT2D eigenvalue weighted by Crippen LogP contribution is -2.36. The molecule has 0 aromatic rings. The normalized spacial score (nSPS) is 14.5. The number of hydrogen-bond acceptors (Lipinski definition) is 5. The molecule has 5 nitrogen and oxygen atoms in total. The summed E-state index contributed by atoms with van der Waals surface area (Å²) in [5.74, 6) is -1.01. The molecule has 0 aromatic heterocycles. The van der Waals surface area contributed by atoms with E-state index >= 15 is 0 Å². The number of rotatable bonds is 4. The third-order valence-corrected chi connectivity index (χ3v) is 2.17. The van der Waals surface area contributed by atoms with Crippen molar-refractivity contribution < 1.29 is 19.1 Å². The lowest BCUT2D eigenvalue weighted by atomic mass is 10.2. The fraction of sp³-hybridized carbons (Fsp3) is 0.714. The molecule has 0 radical (unpaired) electrons. The van der Waals surface area contributed by atoms with E-state index < -0.39 is 22.8 Å². The van der Waals surface area contributed by atoms with E-state index in [2.05, 4.69) is 25.4 Å². The molecule has 2 N–H and O–H groups in total. The third kappa shape index (κ3) is 4.23. The maximum Gasteiger partial charge on any atom is 0.322 e. The van der Waals surface area contributed by atoms with E-state index in [1.165, 1.54) is 14.2 Å². The second-order valence-corrected chi connectivity index (χ2v) is 3.46. The van der Waals surface area contributed by atoms with Crippen molar-refractivity contribution in [2.75, 3.05) is 14.2 Å². The number of ether oxygens (including phenoxy) is 2. The van der Waals surface area contributed by atoms with Gasteiger partial charge in [-0.25, -0.2) is 0 Å². The number of nitrogens with two attached hydrogens (primary N) is 1. The van der Waals surface area contributed by atoms with Crippen LogP contribution in [0.5, 0.6) is 0 Å². The Labute approximate surface area is 84.7 Å². The summed E-state index contributed by atoms with van der Waals surface area (Å²) < 4.78 is 8.82. The zero-order valence-corrected chi connectivity index (χ0v) is 9.04. The SMILES string of the molecule is COC(=O)C(Br)C[C@H](N)C(=O)OC. The highest BCUT2D eigenvalue weighted by atomic mass is 79.9. The molecule has 0 amide bonds. The van der Waals surface area contributed by atoms with Crippen LogP contribution in [0, 0.1) is 0 Å². The Morgan fingerprint density at radius 2 is 1.77 bits per heavy atom. The van der Waals surface area contributed by atoms with Crippen molar-refractivity contribution in [3.63, 3.8) is 0 Å². The molecule has 0 bridgehead atoms. The van der Waals surface area contributed by atoms with Crippen LogP contribution >= 0.6 is 15.9 Å². The summed E-state index contributed by atoms with van der Waals surface area (Å²) in [6, 6.07) is -0.812.